The monoisotopic (exact) mass is 365 g/mol. The average molecular weight is 366 g/mol. The van der Waals surface area contributed by atoms with Crippen molar-refractivity contribution in [2.75, 3.05) is 6.54 Å². The number of halogens is 1. The van der Waals surface area contributed by atoms with Crippen LogP contribution in [0.3, 0.4) is 0 Å². The summed E-state index contributed by atoms with van der Waals surface area (Å²) >= 11 is 0. The first-order valence-corrected chi connectivity index (χ1v) is 7.83. The first-order valence-electron chi connectivity index (χ1n) is 7.83. The molecule has 0 aliphatic carbocycles. The van der Waals surface area contributed by atoms with Crippen LogP contribution < -0.4 is 5.73 Å². The lowest BCUT2D eigenvalue weighted by molar-refractivity contribution is -0.396. The second-order valence-electron chi connectivity index (χ2n) is 5.85. The van der Waals surface area contributed by atoms with Crippen LogP contribution >= 0.6 is 12.4 Å². The Bertz CT molecular complexity index is 764. The molecular weight excluding hydrogens is 346 g/mol. The van der Waals surface area contributed by atoms with Crippen molar-refractivity contribution in [3.8, 4) is 0 Å². The number of nitro groups is 1. The second kappa shape index (κ2) is 8.09. The molecule has 0 spiro atoms. The van der Waals surface area contributed by atoms with Crippen LogP contribution in [0, 0.1) is 10.1 Å². The Balaban J connectivity index is 0.00000225. The van der Waals surface area contributed by atoms with Crippen LogP contribution in [-0.2, 0) is 24.3 Å². The maximum absolute atomic E-state index is 12.5. The van der Waals surface area contributed by atoms with Gasteiger partial charge >= 0.3 is 5.95 Å². The molecule has 1 unspecified atom stereocenters. The summed E-state index contributed by atoms with van der Waals surface area (Å²) in [6, 6.07) is 7.38. The summed E-state index contributed by atoms with van der Waals surface area (Å²) in [5.41, 5.74) is 8.43. The molecule has 134 valence electrons. The van der Waals surface area contributed by atoms with Gasteiger partial charge in [0.25, 0.3) is 0 Å². The number of aromatic nitrogens is 2. The predicted octanol–water partition coefficient (Wildman–Crippen LogP) is 1.52. The van der Waals surface area contributed by atoms with Crippen molar-refractivity contribution in [2.45, 2.75) is 32.0 Å². The Kier molecular flexibility index (Phi) is 6.11. The van der Waals surface area contributed by atoms with Gasteiger partial charge in [0, 0.05) is 19.5 Å². The number of carbonyl (C=O) groups excluding carboxylic acids is 1. The molecule has 1 aromatic carbocycles. The van der Waals surface area contributed by atoms with E-state index in [9.17, 15) is 14.9 Å². The van der Waals surface area contributed by atoms with E-state index in [4.69, 9.17) is 5.73 Å². The Morgan fingerprint density at radius 2 is 2.08 bits per heavy atom. The predicted molar refractivity (Wildman–Crippen MR) is 94.3 cm³/mol. The van der Waals surface area contributed by atoms with Gasteiger partial charge in [-0.2, -0.15) is 0 Å². The average Bonchev–Trinajstić information content (AvgIpc) is 3.07. The van der Waals surface area contributed by atoms with Crippen LogP contribution in [-0.4, -0.2) is 37.9 Å². The summed E-state index contributed by atoms with van der Waals surface area (Å²) in [7, 11) is 0. The van der Waals surface area contributed by atoms with Crippen LogP contribution in [0.1, 0.15) is 17.5 Å². The molecule has 2 N–H and O–H groups in total. The number of carbonyl (C=O) groups is 1. The third-order valence-corrected chi connectivity index (χ3v) is 4.30. The number of benzene rings is 1. The van der Waals surface area contributed by atoms with Gasteiger partial charge in [-0.3, -0.25) is 4.79 Å². The summed E-state index contributed by atoms with van der Waals surface area (Å²) < 4.78 is 1.40. The van der Waals surface area contributed by atoms with Crippen molar-refractivity contribution in [3.63, 3.8) is 0 Å². The van der Waals surface area contributed by atoms with Gasteiger partial charge in [-0.25, -0.2) is 4.57 Å². The lowest BCUT2D eigenvalue weighted by Crippen LogP contribution is -2.46. The van der Waals surface area contributed by atoms with E-state index < -0.39 is 11.0 Å². The van der Waals surface area contributed by atoms with Crippen LogP contribution in [0.4, 0.5) is 5.95 Å². The van der Waals surface area contributed by atoms with Crippen LogP contribution in [0.25, 0.3) is 0 Å². The standard InChI is InChI=1S/C16H19N5O3.ClH/c17-14(6-9-19-10-7-18-16(19)21(23)24)15(22)20-8-5-12-3-1-2-4-13(12)11-20;/h1-4,7,10,14H,5-6,8-9,11,17H2;1H. The molecule has 2 aromatic rings. The van der Waals surface area contributed by atoms with E-state index in [0.29, 0.717) is 19.5 Å². The molecule has 0 bridgehead atoms. The van der Waals surface area contributed by atoms with Gasteiger partial charge in [0.15, 0.2) is 0 Å². The fourth-order valence-corrected chi connectivity index (χ4v) is 2.97. The van der Waals surface area contributed by atoms with E-state index in [1.807, 2.05) is 18.2 Å². The highest BCUT2D eigenvalue weighted by atomic mass is 35.5. The molecule has 1 atom stereocenters. The van der Waals surface area contributed by atoms with Gasteiger partial charge in [-0.15, -0.1) is 12.4 Å². The first-order chi connectivity index (χ1) is 11.6. The smallest absolute Gasteiger partial charge is 0.390 e. The van der Waals surface area contributed by atoms with Gasteiger partial charge < -0.3 is 20.7 Å². The molecule has 0 fully saturated rings. The fraction of sp³-hybridized carbons (Fsp3) is 0.375. The molecule has 1 aliphatic heterocycles. The maximum atomic E-state index is 12.5. The van der Waals surface area contributed by atoms with E-state index in [1.54, 1.807) is 4.90 Å². The molecule has 8 nitrogen and oxygen atoms in total. The van der Waals surface area contributed by atoms with E-state index in [2.05, 4.69) is 11.1 Å². The molecule has 1 aliphatic rings. The quantitative estimate of drug-likeness (QED) is 0.638. The summed E-state index contributed by atoms with van der Waals surface area (Å²) in [6.07, 6.45) is 4.04. The molecular formula is C16H20ClN5O3. The topological polar surface area (TPSA) is 107 Å². The minimum Gasteiger partial charge on any atom is -0.390 e. The number of nitrogens with zero attached hydrogens (tertiary/aromatic N) is 4. The minimum absolute atomic E-state index is 0. The largest absolute Gasteiger partial charge is 0.434 e. The zero-order chi connectivity index (χ0) is 17.1. The van der Waals surface area contributed by atoms with Crippen molar-refractivity contribution in [2.24, 2.45) is 5.73 Å². The van der Waals surface area contributed by atoms with Crippen LogP contribution in [0.5, 0.6) is 0 Å². The number of amides is 1. The van der Waals surface area contributed by atoms with E-state index >= 15 is 0 Å². The Labute approximate surface area is 151 Å². The lowest BCUT2D eigenvalue weighted by atomic mass is 9.99. The van der Waals surface area contributed by atoms with Crippen molar-refractivity contribution in [1.82, 2.24) is 14.5 Å². The van der Waals surface area contributed by atoms with Crippen LogP contribution in [0.2, 0.25) is 0 Å². The molecule has 25 heavy (non-hydrogen) atoms. The molecule has 3 rings (SSSR count). The zero-order valence-electron chi connectivity index (χ0n) is 13.6. The number of rotatable bonds is 5. The minimum atomic E-state index is -0.683. The molecule has 0 radical (unpaired) electrons. The van der Waals surface area contributed by atoms with Gasteiger partial charge in [0.05, 0.1) is 12.6 Å². The zero-order valence-corrected chi connectivity index (χ0v) is 14.4. The number of nitrogens with two attached hydrogens (primary N) is 1. The van der Waals surface area contributed by atoms with Gasteiger partial charge in [0.2, 0.25) is 5.91 Å². The van der Waals surface area contributed by atoms with Crippen molar-refractivity contribution >= 4 is 24.3 Å². The number of hydrogen-bond acceptors (Lipinski definition) is 5. The molecule has 1 aromatic heterocycles. The second-order valence-corrected chi connectivity index (χ2v) is 5.85. The third kappa shape index (κ3) is 4.15. The maximum Gasteiger partial charge on any atom is 0.434 e. The van der Waals surface area contributed by atoms with Crippen molar-refractivity contribution in [3.05, 3.63) is 57.9 Å². The van der Waals surface area contributed by atoms with Crippen LogP contribution in [0.15, 0.2) is 36.7 Å². The molecule has 1 amide bonds. The van der Waals surface area contributed by atoms with E-state index in [0.717, 1.165) is 12.0 Å². The van der Waals surface area contributed by atoms with Crippen molar-refractivity contribution in [1.29, 1.82) is 0 Å². The number of aryl methyl sites for hydroxylation is 1. The van der Waals surface area contributed by atoms with Gasteiger partial charge in [0.1, 0.15) is 12.4 Å². The molecule has 0 saturated carbocycles. The normalized spacial score (nSPS) is 14.4. The highest BCUT2D eigenvalue weighted by Gasteiger charge is 2.25. The summed E-state index contributed by atoms with van der Waals surface area (Å²) in [5, 5.41) is 10.8. The molecule has 0 saturated heterocycles. The molecule has 9 heteroatoms. The molecule has 2 heterocycles. The van der Waals surface area contributed by atoms with Crippen molar-refractivity contribution < 1.29 is 9.72 Å². The fourth-order valence-electron chi connectivity index (χ4n) is 2.97. The highest BCUT2D eigenvalue weighted by Crippen LogP contribution is 2.19. The highest BCUT2D eigenvalue weighted by molar-refractivity contribution is 5.85. The SMILES string of the molecule is Cl.NC(CCn1ccnc1[N+](=O)[O-])C(=O)N1CCc2ccccc2C1. The number of imidazole rings is 1. The van der Waals surface area contributed by atoms with Gasteiger partial charge in [-0.1, -0.05) is 29.2 Å². The Hall–Kier alpha value is -2.45. The van der Waals surface area contributed by atoms with Gasteiger partial charge in [-0.05, 0) is 22.5 Å². The number of hydrogen-bond donors (Lipinski definition) is 1. The Morgan fingerprint density at radius 1 is 1.36 bits per heavy atom. The summed E-state index contributed by atoms with van der Waals surface area (Å²) in [6.45, 7) is 1.50. The van der Waals surface area contributed by atoms with E-state index in [1.165, 1.54) is 22.5 Å². The third-order valence-electron chi connectivity index (χ3n) is 4.30. The lowest BCUT2D eigenvalue weighted by Gasteiger charge is -2.30. The number of fused-ring (bicyclic) bond motifs is 1. The first kappa shape index (κ1) is 18.9. The summed E-state index contributed by atoms with van der Waals surface area (Å²) in [4.78, 5) is 28.3. The summed E-state index contributed by atoms with van der Waals surface area (Å²) in [5.74, 6) is -0.353. The van der Waals surface area contributed by atoms with E-state index in [-0.39, 0.29) is 30.8 Å². The Morgan fingerprint density at radius 3 is 2.80 bits per heavy atom.